The maximum absolute atomic E-state index is 10.7. The number of carbonyl (C=O) groups is 1. The summed E-state index contributed by atoms with van der Waals surface area (Å²) in [4.78, 5) is 10.7. The summed E-state index contributed by atoms with van der Waals surface area (Å²) in [5, 5.41) is 7.40. The first-order chi connectivity index (χ1) is 5.27. The van der Waals surface area contributed by atoms with E-state index in [1.165, 1.54) is 7.11 Å². The second-order valence-electron chi connectivity index (χ2n) is 1.63. The van der Waals surface area contributed by atoms with Gasteiger partial charge in [-0.05, 0) is 0 Å². The number of aromatic nitrogens is 2. The standard InChI is InChI=1S/C5H5BrN2O3/c1-10-5(9)4-8-7-3(2-6)11-4/h2H2,1H3. The van der Waals surface area contributed by atoms with Crippen LogP contribution in [0.1, 0.15) is 16.6 Å². The number of rotatable bonds is 2. The molecule has 1 heterocycles. The highest BCUT2D eigenvalue weighted by Crippen LogP contribution is 2.04. The van der Waals surface area contributed by atoms with E-state index in [9.17, 15) is 4.79 Å². The summed E-state index contributed by atoms with van der Waals surface area (Å²) >= 11 is 3.09. The lowest BCUT2D eigenvalue weighted by Gasteiger charge is -1.88. The molecule has 0 saturated heterocycles. The Bertz CT molecular complexity index is 260. The topological polar surface area (TPSA) is 65.2 Å². The first-order valence-electron chi connectivity index (χ1n) is 2.74. The summed E-state index contributed by atoms with van der Waals surface area (Å²) in [5.74, 6) is -0.392. The van der Waals surface area contributed by atoms with Crippen molar-refractivity contribution in [1.29, 1.82) is 0 Å². The monoisotopic (exact) mass is 220 g/mol. The van der Waals surface area contributed by atoms with Gasteiger partial charge in [-0.3, -0.25) is 0 Å². The van der Waals surface area contributed by atoms with E-state index in [-0.39, 0.29) is 5.89 Å². The molecule has 0 fully saturated rings. The lowest BCUT2D eigenvalue weighted by atomic mass is 10.7. The summed E-state index contributed by atoms with van der Waals surface area (Å²) in [6, 6.07) is 0. The molecular weight excluding hydrogens is 216 g/mol. The predicted octanol–water partition coefficient (Wildman–Crippen LogP) is 0.751. The molecule has 1 rings (SSSR count). The van der Waals surface area contributed by atoms with Crippen molar-refractivity contribution in [1.82, 2.24) is 10.2 Å². The van der Waals surface area contributed by atoms with Crippen LogP contribution < -0.4 is 0 Å². The molecule has 60 valence electrons. The molecule has 0 N–H and O–H groups in total. The van der Waals surface area contributed by atoms with Crippen LogP contribution in [0.2, 0.25) is 0 Å². The van der Waals surface area contributed by atoms with E-state index in [2.05, 4.69) is 30.9 Å². The minimum Gasteiger partial charge on any atom is -0.462 e. The van der Waals surface area contributed by atoms with Gasteiger partial charge in [0.05, 0.1) is 12.4 Å². The number of hydrogen-bond acceptors (Lipinski definition) is 5. The van der Waals surface area contributed by atoms with Gasteiger partial charge in [0.25, 0.3) is 0 Å². The Morgan fingerprint density at radius 1 is 1.73 bits per heavy atom. The predicted molar refractivity (Wildman–Crippen MR) is 38.3 cm³/mol. The molecule has 0 aliphatic heterocycles. The molecular formula is C5H5BrN2O3. The van der Waals surface area contributed by atoms with Crippen LogP contribution in [-0.4, -0.2) is 23.3 Å². The van der Waals surface area contributed by atoms with Crippen LogP contribution in [0, 0.1) is 0 Å². The zero-order chi connectivity index (χ0) is 8.27. The first kappa shape index (κ1) is 8.19. The average Bonchev–Trinajstić information content (AvgIpc) is 2.50. The molecule has 0 bridgehead atoms. The van der Waals surface area contributed by atoms with Gasteiger partial charge in [0.1, 0.15) is 0 Å². The molecule has 0 aromatic carbocycles. The van der Waals surface area contributed by atoms with Gasteiger partial charge in [-0.25, -0.2) is 4.79 Å². The van der Waals surface area contributed by atoms with Crippen molar-refractivity contribution in [3.63, 3.8) is 0 Å². The Labute approximate surface area is 70.9 Å². The molecule has 0 saturated carbocycles. The third kappa shape index (κ3) is 1.76. The summed E-state index contributed by atoms with van der Waals surface area (Å²) in [6.45, 7) is 0. The Hall–Kier alpha value is -0.910. The van der Waals surface area contributed by atoms with Crippen molar-refractivity contribution in [3.05, 3.63) is 11.8 Å². The van der Waals surface area contributed by atoms with Crippen LogP contribution in [-0.2, 0) is 10.1 Å². The van der Waals surface area contributed by atoms with Crippen LogP contribution >= 0.6 is 15.9 Å². The number of carbonyl (C=O) groups excluding carboxylic acids is 1. The molecule has 11 heavy (non-hydrogen) atoms. The van der Waals surface area contributed by atoms with Crippen LogP contribution in [0.3, 0.4) is 0 Å². The molecule has 5 nitrogen and oxygen atoms in total. The van der Waals surface area contributed by atoms with Crippen molar-refractivity contribution in [2.45, 2.75) is 5.33 Å². The molecule has 0 aliphatic carbocycles. The molecule has 0 aliphatic rings. The fourth-order valence-corrected chi connectivity index (χ4v) is 0.704. The summed E-state index contributed by atoms with van der Waals surface area (Å²) in [6.07, 6.45) is 0. The number of methoxy groups -OCH3 is 1. The van der Waals surface area contributed by atoms with Crippen molar-refractivity contribution in [2.75, 3.05) is 7.11 Å². The van der Waals surface area contributed by atoms with Gasteiger partial charge in [0.2, 0.25) is 5.89 Å². The number of hydrogen-bond donors (Lipinski definition) is 0. The molecule has 6 heteroatoms. The first-order valence-corrected chi connectivity index (χ1v) is 3.86. The van der Waals surface area contributed by atoms with Crippen LogP contribution in [0.25, 0.3) is 0 Å². The molecule has 0 spiro atoms. The van der Waals surface area contributed by atoms with E-state index in [1.807, 2.05) is 0 Å². The van der Waals surface area contributed by atoms with Crippen molar-refractivity contribution in [2.24, 2.45) is 0 Å². The number of nitrogens with zero attached hydrogens (tertiary/aromatic N) is 2. The lowest BCUT2D eigenvalue weighted by Crippen LogP contribution is -2.00. The summed E-state index contributed by atoms with van der Waals surface area (Å²) in [7, 11) is 1.25. The summed E-state index contributed by atoms with van der Waals surface area (Å²) in [5.41, 5.74) is 0. The second kappa shape index (κ2) is 3.47. The van der Waals surface area contributed by atoms with Crippen LogP contribution in [0.15, 0.2) is 4.42 Å². The Morgan fingerprint density at radius 2 is 2.45 bits per heavy atom. The molecule has 0 unspecified atom stereocenters. The smallest absolute Gasteiger partial charge is 0.396 e. The Balaban J connectivity index is 2.80. The van der Waals surface area contributed by atoms with Gasteiger partial charge < -0.3 is 9.15 Å². The largest absolute Gasteiger partial charge is 0.462 e. The molecule has 0 atom stereocenters. The van der Waals surface area contributed by atoms with Gasteiger partial charge in [-0.1, -0.05) is 15.9 Å². The van der Waals surface area contributed by atoms with Gasteiger partial charge in [-0.2, -0.15) is 0 Å². The maximum atomic E-state index is 10.7. The quantitative estimate of drug-likeness (QED) is 0.544. The van der Waals surface area contributed by atoms with Gasteiger partial charge >= 0.3 is 11.9 Å². The summed E-state index contributed by atoms with van der Waals surface area (Å²) < 4.78 is 9.19. The minimum atomic E-state index is -0.621. The van der Waals surface area contributed by atoms with E-state index in [1.54, 1.807) is 0 Å². The number of halogens is 1. The fraction of sp³-hybridized carbons (Fsp3) is 0.400. The number of alkyl halides is 1. The SMILES string of the molecule is COC(=O)c1nnc(CBr)o1. The highest BCUT2D eigenvalue weighted by molar-refractivity contribution is 9.08. The normalized spacial score (nSPS) is 9.64. The minimum absolute atomic E-state index is 0.123. The van der Waals surface area contributed by atoms with Crippen LogP contribution in [0.5, 0.6) is 0 Å². The molecule has 0 amide bonds. The van der Waals surface area contributed by atoms with E-state index >= 15 is 0 Å². The zero-order valence-electron chi connectivity index (χ0n) is 5.70. The van der Waals surface area contributed by atoms with Crippen molar-refractivity contribution < 1.29 is 13.9 Å². The molecule has 1 aromatic heterocycles. The van der Waals surface area contributed by atoms with E-state index < -0.39 is 5.97 Å². The fourth-order valence-electron chi connectivity index (χ4n) is 0.477. The lowest BCUT2D eigenvalue weighted by molar-refractivity contribution is 0.0554. The van der Waals surface area contributed by atoms with Gasteiger partial charge in [0.15, 0.2) is 0 Å². The average molecular weight is 221 g/mol. The third-order valence-corrected chi connectivity index (χ3v) is 1.42. The maximum Gasteiger partial charge on any atom is 0.396 e. The molecule has 1 aromatic rings. The van der Waals surface area contributed by atoms with Crippen molar-refractivity contribution in [3.8, 4) is 0 Å². The second-order valence-corrected chi connectivity index (χ2v) is 2.19. The number of esters is 1. The third-order valence-electron chi connectivity index (χ3n) is 0.941. The van der Waals surface area contributed by atoms with E-state index in [0.29, 0.717) is 11.2 Å². The van der Waals surface area contributed by atoms with Crippen molar-refractivity contribution >= 4 is 21.9 Å². The van der Waals surface area contributed by atoms with Crippen LogP contribution in [0.4, 0.5) is 0 Å². The molecule has 0 radical (unpaired) electrons. The van der Waals surface area contributed by atoms with Gasteiger partial charge in [0, 0.05) is 0 Å². The number of ether oxygens (including phenoxy) is 1. The van der Waals surface area contributed by atoms with Gasteiger partial charge in [-0.15, -0.1) is 10.2 Å². The van der Waals surface area contributed by atoms with E-state index in [0.717, 1.165) is 0 Å². The highest BCUT2D eigenvalue weighted by atomic mass is 79.9. The zero-order valence-corrected chi connectivity index (χ0v) is 7.29. The van der Waals surface area contributed by atoms with E-state index in [4.69, 9.17) is 4.42 Å². The Morgan fingerprint density at radius 3 is 2.91 bits per heavy atom. The Kier molecular flexibility index (Phi) is 2.58. The highest BCUT2D eigenvalue weighted by Gasteiger charge is 2.13.